The molecule has 1 aliphatic heterocycles. The Bertz CT molecular complexity index is 358. The molecule has 0 spiro atoms. The SMILES string of the molecule is CC(C)C(CNCc1cc(Cl)cs1)N1CCCC1. The van der Waals surface area contributed by atoms with Crippen LogP contribution in [0, 0.1) is 5.92 Å². The standard InChI is InChI=1S/C14H23ClN2S/c1-11(2)14(17-5-3-4-6-17)9-16-8-13-7-12(15)10-18-13/h7,10-11,14,16H,3-6,8-9H2,1-2H3. The van der Waals surface area contributed by atoms with Crippen molar-refractivity contribution in [3.05, 3.63) is 21.3 Å². The van der Waals surface area contributed by atoms with Crippen LogP contribution in [0.25, 0.3) is 0 Å². The molecule has 2 nitrogen and oxygen atoms in total. The molecule has 0 aliphatic carbocycles. The highest BCUT2D eigenvalue weighted by molar-refractivity contribution is 7.10. The summed E-state index contributed by atoms with van der Waals surface area (Å²) in [6, 6.07) is 2.72. The van der Waals surface area contributed by atoms with E-state index in [1.165, 1.54) is 30.8 Å². The van der Waals surface area contributed by atoms with Crippen LogP contribution in [-0.2, 0) is 6.54 Å². The summed E-state index contributed by atoms with van der Waals surface area (Å²) in [6.07, 6.45) is 2.73. The highest BCUT2D eigenvalue weighted by Gasteiger charge is 2.23. The van der Waals surface area contributed by atoms with Gasteiger partial charge in [0.2, 0.25) is 0 Å². The quantitative estimate of drug-likeness (QED) is 0.859. The van der Waals surface area contributed by atoms with E-state index in [9.17, 15) is 0 Å². The van der Waals surface area contributed by atoms with Gasteiger partial charge in [0, 0.05) is 29.4 Å². The van der Waals surface area contributed by atoms with Gasteiger partial charge in [0.1, 0.15) is 0 Å². The molecular weight excluding hydrogens is 264 g/mol. The monoisotopic (exact) mass is 286 g/mol. The molecule has 1 aliphatic rings. The van der Waals surface area contributed by atoms with Crippen LogP contribution < -0.4 is 5.32 Å². The fourth-order valence-electron chi connectivity index (χ4n) is 2.65. The number of nitrogens with one attached hydrogen (secondary N) is 1. The first-order valence-corrected chi connectivity index (χ1v) is 8.10. The zero-order chi connectivity index (χ0) is 13.0. The summed E-state index contributed by atoms with van der Waals surface area (Å²) in [5, 5.41) is 6.44. The Labute approximate surface area is 119 Å². The Kier molecular flexibility index (Phi) is 5.49. The van der Waals surface area contributed by atoms with Crippen LogP contribution in [0.1, 0.15) is 31.6 Å². The second kappa shape index (κ2) is 6.90. The average molecular weight is 287 g/mol. The minimum Gasteiger partial charge on any atom is -0.310 e. The van der Waals surface area contributed by atoms with Gasteiger partial charge in [-0.3, -0.25) is 4.90 Å². The fourth-order valence-corrected chi connectivity index (χ4v) is 3.69. The van der Waals surface area contributed by atoms with Gasteiger partial charge in [0.15, 0.2) is 0 Å². The van der Waals surface area contributed by atoms with Gasteiger partial charge in [0.25, 0.3) is 0 Å². The van der Waals surface area contributed by atoms with E-state index in [1.54, 1.807) is 11.3 Å². The van der Waals surface area contributed by atoms with E-state index < -0.39 is 0 Å². The molecule has 1 fully saturated rings. The minimum atomic E-state index is 0.669. The summed E-state index contributed by atoms with van der Waals surface area (Å²) in [4.78, 5) is 3.96. The molecule has 2 rings (SSSR count). The Hall–Kier alpha value is -0.0900. The smallest absolute Gasteiger partial charge is 0.0516 e. The predicted molar refractivity (Wildman–Crippen MR) is 80.5 cm³/mol. The van der Waals surface area contributed by atoms with E-state index in [0.717, 1.165) is 18.1 Å². The van der Waals surface area contributed by atoms with E-state index in [0.29, 0.717) is 12.0 Å². The molecule has 0 aromatic carbocycles. The van der Waals surface area contributed by atoms with Gasteiger partial charge >= 0.3 is 0 Å². The average Bonchev–Trinajstić information content (AvgIpc) is 2.95. The molecule has 0 radical (unpaired) electrons. The normalized spacial score (nSPS) is 18.7. The molecule has 1 atom stereocenters. The molecule has 0 amide bonds. The number of likely N-dealkylation sites (tertiary alicyclic amines) is 1. The lowest BCUT2D eigenvalue weighted by Crippen LogP contribution is -2.43. The van der Waals surface area contributed by atoms with Crippen molar-refractivity contribution in [2.24, 2.45) is 5.92 Å². The molecule has 1 saturated heterocycles. The van der Waals surface area contributed by atoms with Gasteiger partial charge in [-0.05, 0) is 37.9 Å². The molecule has 1 aromatic heterocycles. The third-order valence-electron chi connectivity index (χ3n) is 3.65. The summed E-state index contributed by atoms with van der Waals surface area (Å²) < 4.78 is 0. The first-order chi connectivity index (χ1) is 8.66. The Morgan fingerprint density at radius 3 is 2.67 bits per heavy atom. The van der Waals surface area contributed by atoms with Crippen LogP contribution in [-0.4, -0.2) is 30.6 Å². The molecule has 18 heavy (non-hydrogen) atoms. The predicted octanol–water partition coefficient (Wildman–Crippen LogP) is 3.61. The van der Waals surface area contributed by atoms with Crippen LogP contribution in [0.4, 0.5) is 0 Å². The van der Waals surface area contributed by atoms with Gasteiger partial charge in [0.05, 0.1) is 5.02 Å². The summed E-state index contributed by atoms with van der Waals surface area (Å²) >= 11 is 7.66. The van der Waals surface area contributed by atoms with Crippen molar-refractivity contribution >= 4 is 22.9 Å². The van der Waals surface area contributed by atoms with Crippen LogP contribution in [0.2, 0.25) is 5.02 Å². The van der Waals surface area contributed by atoms with E-state index in [-0.39, 0.29) is 0 Å². The number of hydrogen-bond acceptors (Lipinski definition) is 3. The first-order valence-electron chi connectivity index (χ1n) is 6.84. The lowest BCUT2D eigenvalue weighted by atomic mass is 10.0. The van der Waals surface area contributed by atoms with Crippen molar-refractivity contribution in [1.82, 2.24) is 10.2 Å². The maximum Gasteiger partial charge on any atom is 0.0516 e. The number of thiophene rings is 1. The summed E-state index contributed by atoms with van der Waals surface area (Å²) in [5.74, 6) is 0.711. The number of hydrogen-bond donors (Lipinski definition) is 1. The molecule has 102 valence electrons. The molecule has 1 aromatic rings. The van der Waals surface area contributed by atoms with Crippen molar-refractivity contribution < 1.29 is 0 Å². The fraction of sp³-hybridized carbons (Fsp3) is 0.714. The first kappa shape index (κ1) is 14.3. The Balaban J connectivity index is 1.78. The van der Waals surface area contributed by atoms with Crippen molar-refractivity contribution in [1.29, 1.82) is 0 Å². The van der Waals surface area contributed by atoms with Crippen molar-refractivity contribution in [2.75, 3.05) is 19.6 Å². The third-order valence-corrected chi connectivity index (χ3v) is 4.94. The lowest BCUT2D eigenvalue weighted by molar-refractivity contribution is 0.186. The lowest BCUT2D eigenvalue weighted by Gasteiger charge is -2.31. The van der Waals surface area contributed by atoms with Crippen molar-refractivity contribution in [3.63, 3.8) is 0 Å². The largest absolute Gasteiger partial charge is 0.310 e. The molecule has 1 unspecified atom stereocenters. The zero-order valence-electron chi connectivity index (χ0n) is 11.3. The summed E-state index contributed by atoms with van der Waals surface area (Å²) in [6.45, 7) is 9.21. The van der Waals surface area contributed by atoms with Crippen LogP contribution >= 0.6 is 22.9 Å². The summed E-state index contributed by atoms with van der Waals surface area (Å²) in [7, 11) is 0. The molecule has 0 saturated carbocycles. The molecule has 0 bridgehead atoms. The Morgan fingerprint density at radius 2 is 2.11 bits per heavy atom. The van der Waals surface area contributed by atoms with Gasteiger partial charge in [-0.25, -0.2) is 0 Å². The zero-order valence-corrected chi connectivity index (χ0v) is 12.9. The molecule has 4 heteroatoms. The van der Waals surface area contributed by atoms with E-state index in [4.69, 9.17) is 11.6 Å². The third kappa shape index (κ3) is 3.95. The number of rotatable bonds is 6. The van der Waals surface area contributed by atoms with Crippen molar-refractivity contribution in [3.8, 4) is 0 Å². The van der Waals surface area contributed by atoms with E-state index in [1.807, 2.05) is 5.38 Å². The van der Waals surface area contributed by atoms with Gasteiger partial charge < -0.3 is 5.32 Å². The highest BCUT2D eigenvalue weighted by atomic mass is 35.5. The maximum absolute atomic E-state index is 5.93. The second-order valence-electron chi connectivity index (χ2n) is 5.42. The Morgan fingerprint density at radius 1 is 1.39 bits per heavy atom. The van der Waals surface area contributed by atoms with E-state index in [2.05, 4.69) is 30.1 Å². The van der Waals surface area contributed by atoms with Crippen molar-refractivity contribution in [2.45, 2.75) is 39.3 Å². The van der Waals surface area contributed by atoms with Crippen LogP contribution in [0.3, 0.4) is 0 Å². The van der Waals surface area contributed by atoms with E-state index >= 15 is 0 Å². The maximum atomic E-state index is 5.93. The van der Waals surface area contributed by atoms with Gasteiger partial charge in [-0.2, -0.15) is 0 Å². The van der Waals surface area contributed by atoms with Gasteiger partial charge in [-0.15, -0.1) is 11.3 Å². The summed E-state index contributed by atoms with van der Waals surface area (Å²) in [5.41, 5.74) is 0. The van der Waals surface area contributed by atoms with Gasteiger partial charge in [-0.1, -0.05) is 25.4 Å². The number of halogens is 1. The molecular formula is C14H23ClN2S. The molecule has 1 N–H and O–H groups in total. The number of nitrogens with zero attached hydrogens (tertiary/aromatic N) is 1. The highest BCUT2D eigenvalue weighted by Crippen LogP contribution is 2.20. The van der Waals surface area contributed by atoms with Crippen LogP contribution in [0.15, 0.2) is 11.4 Å². The second-order valence-corrected chi connectivity index (χ2v) is 6.85. The van der Waals surface area contributed by atoms with Crippen LogP contribution in [0.5, 0.6) is 0 Å². The molecule has 2 heterocycles. The minimum absolute atomic E-state index is 0.669. The topological polar surface area (TPSA) is 15.3 Å².